The van der Waals surface area contributed by atoms with Crippen LogP contribution in [-0.2, 0) is 136 Å². The van der Waals surface area contributed by atoms with Crippen molar-refractivity contribution in [1.29, 1.82) is 0 Å². The van der Waals surface area contributed by atoms with Gasteiger partial charge in [0.1, 0.15) is 121 Å². The summed E-state index contributed by atoms with van der Waals surface area (Å²) in [7, 11) is 0. The first-order valence-electron chi connectivity index (χ1n) is 47.2. The van der Waals surface area contributed by atoms with E-state index < -0.39 is 412 Å². The molecular formula is C89H143N25O35S. The Balaban J connectivity index is 3.70. The Morgan fingerprint density at radius 2 is 0.553 bits per heavy atom. The number of benzene rings is 1. The zero-order chi connectivity index (χ0) is 115. The van der Waals surface area contributed by atoms with Gasteiger partial charge in [-0.25, -0.2) is 4.79 Å². The van der Waals surface area contributed by atoms with E-state index in [4.69, 9.17) is 34.4 Å². The van der Waals surface area contributed by atoms with Gasteiger partial charge >= 0.3 is 17.9 Å². The molecule has 1 aromatic carbocycles. The van der Waals surface area contributed by atoms with Crippen molar-refractivity contribution < 1.29 is 170 Å². The second kappa shape index (κ2) is 64.9. The van der Waals surface area contributed by atoms with Crippen LogP contribution in [0, 0.1) is 29.6 Å². The summed E-state index contributed by atoms with van der Waals surface area (Å²) in [6.45, 7) is 16.7. The minimum absolute atomic E-state index is 0.209. The number of carboxylic acids is 3. The molecule has 0 heterocycles. The van der Waals surface area contributed by atoms with Crippen LogP contribution in [0.2, 0.25) is 0 Å². The van der Waals surface area contributed by atoms with Crippen molar-refractivity contribution in [1.82, 2.24) is 101 Å². The van der Waals surface area contributed by atoms with Crippen LogP contribution in [-0.4, -0.2) is 353 Å². The molecule has 0 saturated carbocycles. The summed E-state index contributed by atoms with van der Waals surface area (Å²) in [6, 6.07) is -30.5. The summed E-state index contributed by atoms with van der Waals surface area (Å²) in [5.41, 5.74) is 32.5. The molecular weight excluding hydrogens is 2010 g/mol. The molecule has 0 fully saturated rings. The van der Waals surface area contributed by atoms with Crippen molar-refractivity contribution in [2.24, 2.45) is 64.0 Å². The Bertz CT molecular complexity index is 4970. The quantitative estimate of drug-likeness (QED) is 0.0269. The normalized spacial score (nSPS) is 15.6. The van der Waals surface area contributed by atoms with Crippen molar-refractivity contribution >= 4 is 172 Å². The van der Waals surface area contributed by atoms with E-state index >= 15 is 0 Å². The lowest BCUT2D eigenvalue weighted by Crippen LogP contribution is -2.63. The fourth-order valence-corrected chi connectivity index (χ4v) is 14.1. The zero-order valence-corrected chi connectivity index (χ0v) is 85.9. The van der Waals surface area contributed by atoms with Gasteiger partial charge in [-0.3, -0.25) is 125 Å². The molecule has 1 rings (SSSR count). The molecule has 0 aliphatic carbocycles. The molecule has 0 bridgehead atoms. The Morgan fingerprint density at radius 1 is 0.287 bits per heavy atom. The maximum Gasteiger partial charge on any atom is 0.326 e. The topological polar surface area (TPSA) is 1010 Å². The number of phenolic OH excluding ortho intramolecular Hbond substituents is 1. The number of nitrogens with two attached hydrogens (primary N) is 6. The van der Waals surface area contributed by atoms with E-state index in [2.05, 4.69) is 97.7 Å². The monoisotopic (exact) mass is 2150 g/mol. The third-order valence-electron chi connectivity index (χ3n) is 22.1. The number of aliphatic hydroxyl groups excluding tert-OH is 4. The minimum Gasteiger partial charge on any atom is -0.508 e. The van der Waals surface area contributed by atoms with Crippen LogP contribution in [0.3, 0.4) is 0 Å². The molecule has 24 amide bonds. The van der Waals surface area contributed by atoms with E-state index in [9.17, 15) is 170 Å². The lowest BCUT2D eigenvalue weighted by atomic mass is 9.98. The van der Waals surface area contributed by atoms with Crippen molar-refractivity contribution in [3.63, 3.8) is 0 Å². The number of hydrogen-bond donors (Lipinski definition) is 34. The molecule has 39 N–H and O–H groups in total. The van der Waals surface area contributed by atoms with Crippen molar-refractivity contribution in [2.45, 2.75) is 307 Å². The summed E-state index contributed by atoms with van der Waals surface area (Å²) in [4.78, 5) is 363. The zero-order valence-electron chi connectivity index (χ0n) is 85.0. The van der Waals surface area contributed by atoms with Crippen molar-refractivity contribution in [2.75, 3.05) is 18.9 Å². The fraction of sp³-hybridized carbons (Fsp3) is 0.629. The summed E-state index contributed by atoms with van der Waals surface area (Å²) in [5.74, 6) is -39.6. The van der Waals surface area contributed by atoms with Gasteiger partial charge in [-0.05, 0) is 101 Å². The van der Waals surface area contributed by atoms with Crippen molar-refractivity contribution in [3.05, 3.63) is 29.8 Å². The number of hydrogen-bond acceptors (Lipinski definition) is 34. The molecule has 0 radical (unpaired) electrons. The van der Waals surface area contributed by atoms with E-state index in [1.807, 2.05) is 16.0 Å². The molecule has 0 unspecified atom stereocenters. The van der Waals surface area contributed by atoms with Gasteiger partial charge in [0.15, 0.2) is 0 Å². The maximum absolute atomic E-state index is 14.8. The highest BCUT2D eigenvalue weighted by atomic mass is 32.1. The Kier molecular flexibility index (Phi) is 57.5. The van der Waals surface area contributed by atoms with Gasteiger partial charge in [-0.1, -0.05) is 81.4 Å². The number of carbonyl (C=O) groups is 27. The van der Waals surface area contributed by atoms with Crippen LogP contribution in [0.1, 0.15) is 173 Å². The van der Waals surface area contributed by atoms with Crippen molar-refractivity contribution in [3.8, 4) is 5.75 Å². The molecule has 0 saturated heterocycles. The number of thiol groups is 1. The fourth-order valence-electron chi connectivity index (χ4n) is 13.9. The lowest BCUT2D eigenvalue weighted by Gasteiger charge is -2.30. The van der Waals surface area contributed by atoms with Crippen LogP contribution >= 0.6 is 12.6 Å². The van der Waals surface area contributed by atoms with E-state index in [1.165, 1.54) is 79.7 Å². The average Bonchev–Trinajstić information content (AvgIpc) is 0.844. The van der Waals surface area contributed by atoms with Gasteiger partial charge in [0.2, 0.25) is 142 Å². The van der Waals surface area contributed by atoms with Gasteiger partial charge in [-0.15, -0.1) is 0 Å². The number of carboxylic acid groups (broad SMARTS) is 3. The van der Waals surface area contributed by atoms with E-state index in [1.54, 1.807) is 13.8 Å². The first kappa shape index (κ1) is 133. The van der Waals surface area contributed by atoms with Crippen LogP contribution < -0.4 is 135 Å². The second-order valence-electron chi connectivity index (χ2n) is 37.0. The first-order chi connectivity index (χ1) is 69.6. The predicted octanol–water partition coefficient (Wildman–Crippen LogP) is -14.6. The smallest absolute Gasteiger partial charge is 0.326 e. The largest absolute Gasteiger partial charge is 0.508 e. The number of amides is 24. The first-order valence-corrected chi connectivity index (χ1v) is 47.8. The highest BCUT2D eigenvalue weighted by molar-refractivity contribution is 7.80. The SMILES string of the molecule is CC(C)C[C@H](NC(=O)[C@@H](NC(=O)[C@H](C)NC(=O)[C@@H](NC(=O)[C@H](CCC(N)=O)NC(=O)[C@H](CC(N)=O)NC(=O)[C@H](CO)NC(=O)[C@@H](NC(=O)[C@H](CC(N)=O)NC(=O)[C@@H](NC(=O)CN)[C@@H](C)O)[C@@H](C)O)C(C)C)C(C)C)C(=O)N[C@@H](Cc1ccc(O)cc1)C(=O)N[C@@H](CCC(N)=O)C(=O)N[C@@H](CC(=O)O)C(=O)N[C@H](C(=O)N[C@@H](CC(N)=O)C(=O)N[C@@H](CS)C(=O)N[C@H](C(=O)N[C@@H](CCC(=O)O)C(=O)N[C@H](C(=O)O)C(C)C)[C@@H](C)O)C(C)C. The van der Waals surface area contributed by atoms with Crippen LogP contribution in [0.4, 0.5) is 0 Å². The molecule has 60 nitrogen and oxygen atoms in total. The molecule has 0 aliphatic rings. The highest BCUT2D eigenvalue weighted by Crippen LogP contribution is 2.18. The third-order valence-corrected chi connectivity index (χ3v) is 22.5. The van der Waals surface area contributed by atoms with Gasteiger partial charge < -0.3 is 176 Å². The maximum atomic E-state index is 14.8. The number of rotatable bonds is 69. The Labute approximate surface area is 865 Å². The number of primary amides is 5. The van der Waals surface area contributed by atoms with Gasteiger partial charge in [-0.2, -0.15) is 12.6 Å². The summed E-state index contributed by atoms with van der Waals surface area (Å²) in [5, 5.41) is 123. The van der Waals surface area contributed by atoms with Crippen LogP contribution in [0.15, 0.2) is 24.3 Å². The second-order valence-corrected chi connectivity index (χ2v) is 37.4. The Hall–Kier alpha value is -15.1. The molecule has 0 spiro atoms. The standard InChI is InChI=1S/C89H143N25O35S/c1-34(2)25-48(103-84(143)65(36(5)6)109-71(130)39(11)96-83(142)64(35(3)4)110-73(132)46(20-23-57(92)121)98-77(136)50(27-58(93)122)101-81(140)54(32-115)106-88(147)70(42(14)118)113-79(138)52(29-60(95)124)105-86(145)68(40(12)116)108-61(125)31-90)75(134)100-49(26-43-15-17-44(119)18-16-43)76(135)97-45(19-22-56(91)120)72(131)102-53(30-63(128)129)80(139)111-66(37(7)8)85(144)104-51(28-59(94)123)78(137)107-55(33-150)82(141)114-69(41(13)117)87(146)99-47(21-24-62(126)127)74(133)112-67(38(9)10)89(148)149/h15-18,34-42,45-55,64-70,115-119,150H,19-33,90H2,1-14H3,(H2,91,120)(H2,92,121)(H2,93,122)(H2,94,123)(H2,95,124)(H,96,142)(H,97,135)(H,98,136)(H,99,146)(H,100,134)(H,101,140)(H,102,131)(H,103,143)(H,104,144)(H,105,145)(H,106,147)(H,107,137)(H,108,125)(H,109,130)(H,110,132)(H,111,139)(H,112,133)(H,113,138)(H,114,141)(H,126,127)(H,128,129)(H,148,149)/t39-,40+,41+,42+,45-,46-,47-,48-,49-,50-,51-,52-,53-,54-,55-,64-,65-,66-,67-,68-,69-,70-/m0/s1. The van der Waals surface area contributed by atoms with Gasteiger partial charge in [0.05, 0.1) is 57.1 Å². The number of aliphatic carboxylic acids is 3. The number of aliphatic hydroxyl groups is 4. The number of carbonyl (C=O) groups excluding carboxylic acids is 24. The van der Waals surface area contributed by atoms with Gasteiger partial charge in [0.25, 0.3) is 0 Å². The molecule has 1 aromatic rings. The summed E-state index contributed by atoms with van der Waals surface area (Å²) >= 11 is 4.08. The predicted molar refractivity (Wildman–Crippen MR) is 523 cm³/mol. The number of phenols is 1. The van der Waals surface area contributed by atoms with Gasteiger partial charge in [0, 0.05) is 31.4 Å². The number of aromatic hydroxyl groups is 1. The highest BCUT2D eigenvalue weighted by Gasteiger charge is 2.44. The third kappa shape index (κ3) is 47.8. The van der Waals surface area contributed by atoms with E-state index in [0.717, 1.165) is 27.7 Å². The molecule has 0 aromatic heterocycles. The van der Waals surface area contributed by atoms with E-state index in [0.29, 0.717) is 0 Å². The molecule has 0 aliphatic heterocycles. The summed E-state index contributed by atoms with van der Waals surface area (Å²) in [6.07, 6.45) is -14.6. The molecule has 150 heavy (non-hydrogen) atoms. The number of nitrogens with one attached hydrogen (secondary N) is 19. The molecule has 840 valence electrons. The van der Waals surface area contributed by atoms with Crippen LogP contribution in [0.5, 0.6) is 5.75 Å². The molecule has 61 heteroatoms. The lowest BCUT2D eigenvalue weighted by molar-refractivity contribution is -0.144. The summed E-state index contributed by atoms with van der Waals surface area (Å²) < 4.78 is 0. The van der Waals surface area contributed by atoms with Crippen LogP contribution in [0.25, 0.3) is 0 Å². The average molecular weight is 2160 g/mol. The molecule has 22 atom stereocenters. The Morgan fingerprint density at radius 3 is 0.893 bits per heavy atom. The minimum atomic E-state index is -2.22. The van der Waals surface area contributed by atoms with E-state index in [-0.39, 0.29) is 17.7 Å².